The minimum Gasteiger partial charge on any atom is -0.488 e. The normalized spacial score (nSPS) is 10.8. The molecule has 6 heteroatoms. The number of ketones is 1. The van der Waals surface area contributed by atoms with Crippen molar-refractivity contribution in [3.8, 4) is 5.75 Å². The van der Waals surface area contributed by atoms with Crippen LogP contribution in [0.25, 0.3) is 21.7 Å². The summed E-state index contributed by atoms with van der Waals surface area (Å²) in [6, 6.07) is 27.6. The number of ether oxygens (including phenoxy) is 2. The SMILES string of the molecule is O=COC(=O)c1cc(C(=O)c2cc3c(ccc4ccccc43)[nH]2)ccc1OCc1ccccc1. The molecule has 34 heavy (non-hydrogen) atoms. The lowest BCUT2D eigenvalue weighted by Gasteiger charge is -2.11. The van der Waals surface area contributed by atoms with Crippen molar-refractivity contribution in [2.24, 2.45) is 0 Å². The lowest BCUT2D eigenvalue weighted by atomic mass is 10.0. The van der Waals surface area contributed by atoms with Crippen LogP contribution in [0, 0.1) is 0 Å². The summed E-state index contributed by atoms with van der Waals surface area (Å²) >= 11 is 0. The Labute approximate surface area is 194 Å². The third-order valence-electron chi connectivity index (χ3n) is 5.63. The van der Waals surface area contributed by atoms with Crippen LogP contribution in [0.3, 0.4) is 0 Å². The minimum atomic E-state index is -0.893. The lowest BCUT2D eigenvalue weighted by Crippen LogP contribution is -2.10. The fourth-order valence-electron chi connectivity index (χ4n) is 3.96. The van der Waals surface area contributed by atoms with Gasteiger partial charge in [0.25, 0.3) is 0 Å². The number of rotatable bonds is 7. The van der Waals surface area contributed by atoms with Crippen LogP contribution >= 0.6 is 0 Å². The second-order valence-electron chi connectivity index (χ2n) is 7.75. The van der Waals surface area contributed by atoms with E-state index in [-0.39, 0.29) is 35.7 Å². The number of aromatic amines is 1. The number of aromatic nitrogens is 1. The molecule has 0 aliphatic rings. The van der Waals surface area contributed by atoms with Gasteiger partial charge in [-0.05, 0) is 46.7 Å². The molecule has 0 amide bonds. The smallest absolute Gasteiger partial charge is 0.349 e. The molecule has 0 radical (unpaired) electrons. The predicted octanol–water partition coefficient (Wildman–Crippen LogP) is 5.44. The van der Waals surface area contributed by atoms with Crippen LogP contribution in [0.5, 0.6) is 5.75 Å². The lowest BCUT2D eigenvalue weighted by molar-refractivity contribution is -0.123. The first-order valence-electron chi connectivity index (χ1n) is 10.6. The highest BCUT2D eigenvalue weighted by Gasteiger charge is 2.20. The fraction of sp³-hybridized carbons (Fsp3) is 0.0357. The van der Waals surface area contributed by atoms with Crippen molar-refractivity contribution in [2.45, 2.75) is 6.61 Å². The van der Waals surface area contributed by atoms with Gasteiger partial charge in [0.2, 0.25) is 5.78 Å². The van der Waals surface area contributed by atoms with E-state index in [4.69, 9.17) is 4.74 Å². The van der Waals surface area contributed by atoms with Crippen molar-refractivity contribution in [1.29, 1.82) is 0 Å². The Balaban J connectivity index is 1.49. The summed E-state index contributed by atoms with van der Waals surface area (Å²) < 4.78 is 10.3. The van der Waals surface area contributed by atoms with Crippen LogP contribution in [0.1, 0.15) is 32.0 Å². The topological polar surface area (TPSA) is 85.5 Å². The molecule has 6 nitrogen and oxygen atoms in total. The van der Waals surface area contributed by atoms with Gasteiger partial charge in [0.05, 0.1) is 5.69 Å². The second-order valence-corrected chi connectivity index (χ2v) is 7.75. The van der Waals surface area contributed by atoms with Crippen molar-refractivity contribution >= 4 is 39.9 Å². The number of esters is 1. The van der Waals surface area contributed by atoms with Gasteiger partial charge in [-0.15, -0.1) is 0 Å². The van der Waals surface area contributed by atoms with Gasteiger partial charge >= 0.3 is 12.4 Å². The molecule has 0 aliphatic carbocycles. The molecule has 1 heterocycles. The number of H-pyrrole nitrogens is 1. The molecule has 4 aromatic carbocycles. The van der Waals surface area contributed by atoms with Gasteiger partial charge in [0.15, 0.2) is 0 Å². The van der Waals surface area contributed by atoms with E-state index >= 15 is 0 Å². The number of carbonyl (C=O) groups excluding carboxylic acids is 3. The van der Waals surface area contributed by atoms with Crippen LogP contribution in [-0.4, -0.2) is 23.2 Å². The molecule has 0 saturated carbocycles. The molecule has 1 aromatic heterocycles. The number of hydrogen-bond acceptors (Lipinski definition) is 5. The summed E-state index contributed by atoms with van der Waals surface area (Å²) in [7, 11) is 0. The van der Waals surface area contributed by atoms with Gasteiger partial charge in [-0.25, -0.2) is 4.79 Å². The third kappa shape index (κ3) is 4.04. The van der Waals surface area contributed by atoms with E-state index < -0.39 is 5.97 Å². The average Bonchev–Trinajstić information content (AvgIpc) is 3.33. The van der Waals surface area contributed by atoms with Crippen molar-refractivity contribution in [2.75, 3.05) is 0 Å². The number of fused-ring (bicyclic) bond motifs is 3. The highest BCUT2D eigenvalue weighted by atomic mass is 16.6. The molecule has 1 N–H and O–H groups in total. The Bertz CT molecular complexity index is 1540. The Hall–Kier alpha value is -4.71. The Morgan fingerprint density at radius 3 is 2.44 bits per heavy atom. The third-order valence-corrected chi connectivity index (χ3v) is 5.63. The molecule has 5 aromatic rings. The van der Waals surface area contributed by atoms with Crippen molar-refractivity contribution < 1.29 is 23.9 Å². The zero-order chi connectivity index (χ0) is 23.5. The predicted molar refractivity (Wildman–Crippen MR) is 128 cm³/mol. The quantitative estimate of drug-likeness (QED) is 0.155. The summed E-state index contributed by atoms with van der Waals surface area (Å²) in [5, 5.41) is 3.05. The molecule has 0 spiro atoms. The standard InChI is InChI=1S/C28H19NO5/c30-17-34-28(32)23-14-20(11-13-26(23)33-16-18-6-2-1-3-7-18)27(31)25-15-22-21-9-5-4-8-19(21)10-12-24(22)29-25/h1-15,17,29H,16H2. The maximum Gasteiger partial charge on any atom is 0.349 e. The fourth-order valence-corrected chi connectivity index (χ4v) is 3.96. The van der Waals surface area contributed by atoms with E-state index in [1.54, 1.807) is 6.07 Å². The van der Waals surface area contributed by atoms with E-state index in [9.17, 15) is 14.4 Å². The molecule has 0 bridgehead atoms. The molecule has 166 valence electrons. The molecule has 0 atom stereocenters. The Kier molecular flexibility index (Phi) is 5.62. The summed E-state index contributed by atoms with van der Waals surface area (Å²) in [6.07, 6.45) is 0. The first kappa shape index (κ1) is 21.2. The summed E-state index contributed by atoms with van der Waals surface area (Å²) in [4.78, 5) is 39.6. The largest absolute Gasteiger partial charge is 0.488 e. The second kappa shape index (κ2) is 9.03. The highest BCUT2D eigenvalue weighted by Crippen LogP contribution is 2.28. The summed E-state index contributed by atoms with van der Waals surface area (Å²) in [5.74, 6) is -0.972. The maximum absolute atomic E-state index is 13.3. The molecule has 0 unspecified atom stereocenters. The highest BCUT2D eigenvalue weighted by molar-refractivity contribution is 6.15. The van der Waals surface area contributed by atoms with Crippen LogP contribution in [0.2, 0.25) is 0 Å². The van der Waals surface area contributed by atoms with Crippen molar-refractivity contribution in [1.82, 2.24) is 4.98 Å². The summed E-state index contributed by atoms with van der Waals surface area (Å²) in [5.41, 5.74) is 2.39. The van der Waals surface area contributed by atoms with Gasteiger partial charge in [-0.2, -0.15) is 0 Å². The van der Waals surface area contributed by atoms with Gasteiger partial charge in [0, 0.05) is 16.5 Å². The first-order valence-corrected chi connectivity index (χ1v) is 10.6. The number of nitrogens with one attached hydrogen (secondary N) is 1. The van der Waals surface area contributed by atoms with Gasteiger partial charge in [0.1, 0.15) is 17.9 Å². The van der Waals surface area contributed by atoms with Crippen LogP contribution in [0.15, 0.2) is 91.0 Å². The Morgan fingerprint density at radius 2 is 1.62 bits per heavy atom. The first-order chi connectivity index (χ1) is 16.6. The van der Waals surface area contributed by atoms with Crippen molar-refractivity contribution in [3.63, 3.8) is 0 Å². The molecular formula is C28H19NO5. The van der Waals surface area contributed by atoms with Gasteiger partial charge in [-0.3, -0.25) is 9.59 Å². The van der Waals surface area contributed by atoms with E-state index in [0.717, 1.165) is 27.2 Å². The van der Waals surface area contributed by atoms with E-state index in [2.05, 4.69) is 9.72 Å². The molecule has 5 rings (SSSR count). The van der Waals surface area contributed by atoms with Crippen LogP contribution < -0.4 is 4.74 Å². The van der Waals surface area contributed by atoms with Crippen LogP contribution in [0.4, 0.5) is 0 Å². The van der Waals surface area contributed by atoms with Gasteiger partial charge < -0.3 is 14.5 Å². The maximum atomic E-state index is 13.3. The van der Waals surface area contributed by atoms with Crippen LogP contribution in [-0.2, 0) is 16.1 Å². The zero-order valence-electron chi connectivity index (χ0n) is 18.0. The van der Waals surface area contributed by atoms with Crippen molar-refractivity contribution in [3.05, 3.63) is 113 Å². The number of carbonyl (C=O) groups is 3. The molecule has 0 saturated heterocycles. The van der Waals surface area contributed by atoms with Gasteiger partial charge in [-0.1, -0.05) is 60.7 Å². The number of benzene rings is 4. The minimum absolute atomic E-state index is 0.00422. The molecular weight excluding hydrogens is 430 g/mol. The Morgan fingerprint density at radius 1 is 0.824 bits per heavy atom. The average molecular weight is 449 g/mol. The van der Waals surface area contributed by atoms with E-state index in [0.29, 0.717) is 5.69 Å². The summed E-state index contributed by atoms with van der Waals surface area (Å²) in [6.45, 7) is 0.269. The monoisotopic (exact) mass is 449 g/mol. The molecule has 0 fully saturated rings. The van der Waals surface area contributed by atoms with E-state index in [1.165, 1.54) is 12.1 Å². The number of hydrogen-bond donors (Lipinski definition) is 1. The molecule has 0 aliphatic heterocycles. The zero-order valence-corrected chi connectivity index (χ0v) is 18.0. The van der Waals surface area contributed by atoms with E-state index in [1.807, 2.05) is 72.8 Å².